The molecule has 2 N–H and O–H groups in total. The fraction of sp³-hybridized carbons (Fsp3) is 0.364. The lowest BCUT2D eigenvalue weighted by molar-refractivity contribution is -0.138. The van der Waals surface area contributed by atoms with E-state index in [1.807, 2.05) is 6.07 Å². The van der Waals surface area contributed by atoms with Crippen LogP contribution in [0.25, 0.3) is 0 Å². The van der Waals surface area contributed by atoms with Crippen LogP contribution < -0.4 is 10.1 Å². The summed E-state index contributed by atoms with van der Waals surface area (Å²) in [4.78, 5) is 10.8. The second kappa shape index (κ2) is 6.14. The van der Waals surface area contributed by atoms with Crippen molar-refractivity contribution in [2.45, 2.75) is 11.4 Å². The maximum absolute atomic E-state index is 10.8. The molecule has 0 spiro atoms. The van der Waals surface area contributed by atoms with Crippen molar-refractivity contribution in [3.05, 3.63) is 27.7 Å². The number of carboxylic acid groups (broad SMARTS) is 1. The number of hydrogen-bond acceptors (Lipinski definition) is 4. The minimum atomic E-state index is -0.827. The Balaban J connectivity index is 1.87. The Hall–Kier alpha value is -0.430. The van der Waals surface area contributed by atoms with E-state index in [1.165, 1.54) is 11.8 Å². The molecule has 1 saturated heterocycles. The van der Waals surface area contributed by atoms with Crippen molar-refractivity contribution in [2.75, 3.05) is 12.4 Å². The number of thioether (sulfide) groups is 1. The van der Waals surface area contributed by atoms with Crippen molar-refractivity contribution in [3.63, 3.8) is 0 Å². The van der Waals surface area contributed by atoms with Gasteiger partial charge in [-0.25, -0.2) is 0 Å². The first-order valence-electron chi connectivity index (χ1n) is 5.24. The molecular weight excluding hydrogens is 342 g/mol. The van der Waals surface area contributed by atoms with Gasteiger partial charge in [-0.2, -0.15) is 0 Å². The number of halogens is 2. The molecule has 2 unspecified atom stereocenters. The fourth-order valence-corrected chi connectivity index (χ4v) is 3.35. The summed E-state index contributed by atoms with van der Waals surface area (Å²) in [5, 5.41) is 12.3. The lowest BCUT2D eigenvalue weighted by Gasteiger charge is -2.13. The maximum atomic E-state index is 10.8. The van der Waals surface area contributed by atoms with Crippen LogP contribution in [-0.4, -0.2) is 34.9 Å². The molecule has 0 radical (unpaired) electrons. The highest BCUT2D eigenvalue weighted by atomic mass is 79.9. The standard InChI is InChI=1S/C11H11BrClNO3S/c12-6-1-2-9(7(13)3-6)17-4-10-14-8(5-18-10)11(15)16/h1-3,8,10,14H,4-5H2,(H,15,16). The quantitative estimate of drug-likeness (QED) is 0.872. The van der Waals surface area contributed by atoms with Crippen molar-refractivity contribution in [3.8, 4) is 5.75 Å². The molecule has 2 rings (SSSR count). The van der Waals surface area contributed by atoms with E-state index in [4.69, 9.17) is 21.4 Å². The Morgan fingerprint density at radius 2 is 2.44 bits per heavy atom. The number of aliphatic carboxylic acids is 1. The van der Waals surface area contributed by atoms with Gasteiger partial charge in [-0.15, -0.1) is 11.8 Å². The zero-order chi connectivity index (χ0) is 13.1. The molecule has 1 aliphatic rings. The number of nitrogens with one attached hydrogen (secondary N) is 1. The summed E-state index contributed by atoms with van der Waals surface area (Å²) < 4.78 is 6.46. The van der Waals surface area contributed by atoms with Gasteiger partial charge in [0.05, 0.1) is 10.4 Å². The van der Waals surface area contributed by atoms with Gasteiger partial charge in [-0.1, -0.05) is 27.5 Å². The second-order valence-corrected chi connectivity index (χ2v) is 6.32. The highest BCUT2D eigenvalue weighted by Gasteiger charge is 2.29. The molecule has 2 atom stereocenters. The summed E-state index contributed by atoms with van der Waals surface area (Å²) in [6, 6.07) is 4.88. The van der Waals surface area contributed by atoms with Gasteiger partial charge < -0.3 is 9.84 Å². The number of hydrogen-bond donors (Lipinski definition) is 2. The van der Waals surface area contributed by atoms with Gasteiger partial charge in [0, 0.05) is 10.2 Å². The van der Waals surface area contributed by atoms with Gasteiger partial charge in [0.2, 0.25) is 0 Å². The van der Waals surface area contributed by atoms with Crippen LogP contribution >= 0.6 is 39.3 Å². The monoisotopic (exact) mass is 351 g/mol. The third-order valence-corrected chi connectivity index (χ3v) is 4.42. The average Bonchev–Trinajstić information content (AvgIpc) is 2.76. The van der Waals surface area contributed by atoms with Gasteiger partial charge >= 0.3 is 5.97 Å². The van der Waals surface area contributed by atoms with Gasteiger partial charge in [-0.3, -0.25) is 10.1 Å². The summed E-state index contributed by atoms with van der Waals surface area (Å²) in [5.41, 5.74) is 0. The lowest BCUT2D eigenvalue weighted by atomic mass is 10.3. The maximum Gasteiger partial charge on any atom is 0.321 e. The summed E-state index contributed by atoms with van der Waals surface area (Å²) in [7, 11) is 0. The Labute approximate surface area is 122 Å². The van der Waals surface area contributed by atoms with Crippen LogP contribution in [0.4, 0.5) is 0 Å². The molecule has 0 aliphatic carbocycles. The first kappa shape index (κ1) is 14.0. The van der Waals surface area contributed by atoms with Crippen LogP contribution in [0.1, 0.15) is 0 Å². The number of carbonyl (C=O) groups is 1. The molecule has 98 valence electrons. The van der Waals surface area contributed by atoms with Crippen LogP contribution in [0, 0.1) is 0 Å². The zero-order valence-electron chi connectivity index (χ0n) is 9.23. The summed E-state index contributed by atoms with van der Waals surface area (Å²) in [5.74, 6) is 0.324. The van der Waals surface area contributed by atoms with E-state index in [2.05, 4.69) is 21.2 Å². The molecule has 0 amide bonds. The van der Waals surface area contributed by atoms with Gasteiger partial charge in [-0.05, 0) is 18.2 Å². The molecule has 4 nitrogen and oxygen atoms in total. The first-order chi connectivity index (χ1) is 8.56. The van der Waals surface area contributed by atoms with Crippen LogP contribution in [0.3, 0.4) is 0 Å². The normalized spacial score (nSPS) is 23.0. The second-order valence-electron chi connectivity index (χ2n) is 3.77. The Morgan fingerprint density at radius 3 is 3.06 bits per heavy atom. The Bertz CT molecular complexity index is 460. The van der Waals surface area contributed by atoms with E-state index in [0.717, 1.165) is 4.47 Å². The largest absolute Gasteiger partial charge is 0.490 e. The molecule has 1 fully saturated rings. The summed E-state index contributed by atoms with van der Waals surface area (Å²) in [6.07, 6.45) is 0. The van der Waals surface area contributed by atoms with Crippen molar-refractivity contribution < 1.29 is 14.6 Å². The highest BCUT2D eigenvalue weighted by Crippen LogP contribution is 2.28. The van der Waals surface area contributed by atoms with Crippen molar-refractivity contribution in [2.24, 2.45) is 0 Å². The van der Waals surface area contributed by atoms with E-state index in [-0.39, 0.29) is 5.37 Å². The van der Waals surface area contributed by atoms with Gasteiger partial charge in [0.1, 0.15) is 18.4 Å². The summed E-state index contributed by atoms with van der Waals surface area (Å²) in [6.45, 7) is 0.385. The van der Waals surface area contributed by atoms with Crippen molar-refractivity contribution >= 4 is 45.3 Å². The smallest absolute Gasteiger partial charge is 0.321 e. The molecule has 18 heavy (non-hydrogen) atoms. The minimum Gasteiger partial charge on any atom is -0.490 e. The number of rotatable bonds is 4. The number of ether oxygens (including phenoxy) is 1. The first-order valence-corrected chi connectivity index (χ1v) is 7.46. The Morgan fingerprint density at radius 1 is 1.67 bits per heavy atom. The molecule has 1 aliphatic heterocycles. The van der Waals surface area contributed by atoms with Crippen LogP contribution in [0.2, 0.25) is 5.02 Å². The number of benzene rings is 1. The molecule has 0 saturated carbocycles. The van der Waals surface area contributed by atoms with E-state index in [0.29, 0.717) is 23.1 Å². The predicted molar refractivity (Wildman–Crippen MR) is 75.5 cm³/mol. The molecule has 1 aromatic rings. The van der Waals surface area contributed by atoms with Crippen molar-refractivity contribution in [1.82, 2.24) is 5.32 Å². The predicted octanol–water partition coefficient (Wildman–Crippen LogP) is 2.60. The lowest BCUT2D eigenvalue weighted by Crippen LogP contribution is -2.38. The van der Waals surface area contributed by atoms with Crippen LogP contribution in [-0.2, 0) is 4.79 Å². The topological polar surface area (TPSA) is 58.6 Å². The third-order valence-electron chi connectivity index (χ3n) is 2.43. The minimum absolute atomic E-state index is 0.0224. The molecular formula is C11H11BrClNO3S. The third kappa shape index (κ3) is 3.54. The molecule has 0 bridgehead atoms. The van der Waals surface area contributed by atoms with Crippen LogP contribution in [0.15, 0.2) is 22.7 Å². The van der Waals surface area contributed by atoms with E-state index in [9.17, 15) is 4.79 Å². The molecule has 1 aromatic carbocycles. The van der Waals surface area contributed by atoms with E-state index < -0.39 is 12.0 Å². The SMILES string of the molecule is O=C(O)C1CSC(COc2ccc(Br)cc2Cl)N1. The molecule has 1 heterocycles. The number of carboxylic acids is 1. The van der Waals surface area contributed by atoms with E-state index in [1.54, 1.807) is 12.1 Å². The van der Waals surface area contributed by atoms with Crippen molar-refractivity contribution in [1.29, 1.82) is 0 Å². The Kier molecular flexibility index (Phi) is 4.77. The zero-order valence-corrected chi connectivity index (χ0v) is 12.4. The summed E-state index contributed by atoms with van der Waals surface area (Å²) >= 11 is 10.9. The van der Waals surface area contributed by atoms with Crippen LogP contribution in [0.5, 0.6) is 5.75 Å². The molecule has 7 heteroatoms. The average molecular weight is 353 g/mol. The molecule has 0 aromatic heterocycles. The van der Waals surface area contributed by atoms with Gasteiger partial charge in [0.25, 0.3) is 0 Å². The van der Waals surface area contributed by atoms with Gasteiger partial charge in [0.15, 0.2) is 0 Å². The fourth-order valence-electron chi connectivity index (χ4n) is 1.53. The van der Waals surface area contributed by atoms with E-state index >= 15 is 0 Å². The highest BCUT2D eigenvalue weighted by molar-refractivity contribution is 9.10.